The Morgan fingerprint density at radius 1 is 1.62 bits per heavy atom. The minimum absolute atomic E-state index is 0.127. The standard InChI is InChI=1S/C9H9NO3/c10-7-4-13-8-3-5(9(11)12)1-2-6(7)8/h1-3,7H,4,10H2,(H,11,12)/t7-/m1/s1. The molecule has 0 unspecified atom stereocenters. The lowest BCUT2D eigenvalue weighted by atomic mass is 10.1. The molecule has 0 amide bonds. The van der Waals surface area contributed by atoms with Crippen molar-refractivity contribution < 1.29 is 14.6 Å². The third-order valence-corrected chi connectivity index (χ3v) is 2.08. The molecular formula is C9H9NO3. The summed E-state index contributed by atoms with van der Waals surface area (Å²) in [6.07, 6.45) is 0. The zero-order valence-corrected chi connectivity index (χ0v) is 6.86. The highest BCUT2D eigenvalue weighted by atomic mass is 16.5. The molecule has 1 aromatic carbocycles. The van der Waals surface area contributed by atoms with Gasteiger partial charge >= 0.3 is 5.97 Å². The number of hydrogen-bond acceptors (Lipinski definition) is 3. The predicted octanol–water partition coefficient (Wildman–Crippen LogP) is 0.777. The van der Waals surface area contributed by atoms with Crippen molar-refractivity contribution in [2.45, 2.75) is 6.04 Å². The molecule has 0 aromatic heterocycles. The van der Waals surface area contributed by atoms with Crippen molar-refractivity contribution in [3.8, 4) is 5.75 Å². The lowest BCUT2D eigenvalue weighted by molar-refractivity contribution is 0.0696. The maximum atomic E-state index is 10.6. The number of benzene rings is 1. The largest absolute Gasteiger partial charge is 0.491 e. The van der Waals surface area contributed by atoms with Crippen LogP contribution in [0.15, 0.2) is 18.2 Å². The number of fused-ring (bicyclic) bond motifs is 1. The highest BCUT2D eigenvalue weighted by Crippen LogP contribution is 2.31. The predicted molar refractivity (Wildman–Crippen MR) is 45.8 cm³/mol. The number of hydrogen-bond donors (Lipinski definition) is 2. The van der Waals surface area contributed by atoms with Crippen LogP contribution in [-0.2, 0) is 0 Å². The van der Waals surface area contributed by atoms with Crippen LogP contribution in [0, 0.1) is 0 Å². The summed E-state index contributed by atoms with van der Waals surface area (Å²) in [5.41, 5.74) is 6.81. The first kappa shape index (κ1) is 8.07. The summed E-state index contributed by atoms with van der Waals surface area (Å²) in [7, 11) is 0. The summed E-state index contributed by atoms with van der Waals surface area (Å²) < 4.78 is 5.21. The molecule has 0 aliphatic carbocycles. The van der Waals surface area contributed by atoms with Crippen molar-refractivity contribution in [1.29, 1.82) is 0 Å². The lowest BCUT2D eigenvalue weighted by Gasteiger charge is -2.00. The fraction of sp³-hybridized carbons (Fsp3) is 0.222. The first-order valence-corrected chi connectivity index (χ1v) is 3.94. The summed E-state index contributed by atoms with van der Waals surface area (Å²) in [6.45, 7) is 0.429. The molecule has 1 aliphatic rings. The van der Waals surface area contributed by atoms with Gasteiger partial charge in [-0.1, -0.05) is 6.07 Å². The van der Waals surface area contributed by atoms with Crippen molar-refractivity contribution in [3.05, 3.63) is 29.3 Å². The molecule has 0 bridgehead atoms. The van der Waals surface area contributed by atoms with Gasteiger partial charge in [0.1, 0.15) is 12.4 Å². The van der Waals surface area contributed by atoms with E-state index in [1.54, 1.807) is 6.07 Å². The van der Waals surface area contributed by atoms with E-state index in [4.69, 9.17) is 15.6 Å². The van der Waals surface area contributed by atoms with E-state index in [2.05, 4.69) is 0 Å². The third-order valence-electron chi connectivity index (χ3n) is 2.08. The second kappa shape index (κ2) is 2.74. The molecule has 1 atom stereocenters. The van der Waals surface area contributed by atoms with Crippen LogP contribution in [0.3, 0.4) is 0 Å². The van der Waals surface area contributed by atoms with Crippen LogP contribution in [0.5, 0.6) is 5.75 Å². The molecule has 1 aromatic rings. The summed E-state index contributed by atoms with van der Waals surface area (Å²) in [5.74, 6) is -0.362. The van der Waals surface area contributed by atoms with Gasteiger partial charge in [-0.05, 0) is 12.1 Å². The van der Waals surface area contributed by atoms with Gasteiger partial charge in [0.05, 0.1) is 11.6 Å². The number of carboxylic acid groups (broad SMARTS) is 1. The maximum absolute atomic E-state index is 10.6. The third kappa shape index (κ3) is 1.25. The van der Waals surface area contributed by atoms with Crippen LogP contribution < -0.4 is 10.5 Å². The maximum Gasteiger partial charge on any atom is 0.335 e. The van der Waals surface area contributed by atoms with Gasteiger partial charge in [-0.2, -0.15) is 0 Å². The molecule has 4 heteroatoms. The van der Waals surface area contributed by atoms with Gasteiger partial charge in [-0.3, -0.25) is 0 Å². The Bertz CT molecular complexity index is 362. The van der Waals surface area contributed by atoms with E-state index in [1.165, 1.54) is 12.1 Å². The fourth-order valence-electron chi connectivity index (χ4n) is 1.37. The molecule has 4 nitrogen and oxygen atoms in total. The van der Waals surface area contributed by atoms with Gasteiger partial charge in [0, 0.05) is 5.56 Å². The quantitative estimate of drug-likeness (QED) is 0.668. The van der Waals surface area contributed by atoms with Crippen molar-refractivity contribution in [1.82, 2.24) is 0 Å². The number of ether oxygens (including phenoxy) is 1. The second-order valence-corrected chi connectivity index (χ2v) is 2.98. The number of aromatic carboxylic acids is 1. The van der Waals surface area contributed by atoms with Crippen LogP contribution in [0.4, 0.5) is 0 Å². The molecule has 0 fully saturated rings. The Balaban J connectivity index is 2.45. The molecule has 2 rings (SSSR count). The van der Waals surface area contributed by atoms with Crippen LogP contribution in [0.25, 0.3) is 0 Å². The average molecular weight is 179 g/mol. The molecule has 0 saturated heterocycles. The number of carboxylic acids is 1. The molecule has 0 spiro atoms. The summed E-state index contributed by atoms with van der Waals surface area (Å²) in [4.78, 5) is 10.6. The van der Waals surface area contributed by atoms with Gasteiger partial charge in [-0.25, -0.2) is 4.79 Å². The Morgan fingerprint density at radius 3 is 3.08 bits per heavy atom. The van der Waals surface area contributed by atoms with Crippen LogP contribution in [-0.4, -0.2) is 17.7 Å². The minimum Gasteiger partial charge on any atom is -0.491 e. The van der Waals surface area contributed by atoms with Crippen LogP contribution in [0.2, 0.25) is 0 Å². The highest BCUT2D eigenvalue weighted by molar-refractivity contribution is 5.88. The van der Waals surface area contributed by atoms with Gasteiger partial charge < -0.3 is 15.6 Å². The molecular weight excluding hydrogens is 170 g/mol. The molecule has 1 aliphatic heterocycles. The number of carbonyl (C=O) groups is 1. The number of nitrogens with two attached hydrogens (primary N) is 1. The first-order valence-electron chi connectivity index (χ1n) is 3.94. The topological polar surface area (TPSA) is 72.5 Å². The van der Waals surface area contributed by atoms with Crippen molar-refractivity contribution >= 4 is 5.97 Å². The summed E-state index contributed by atoms with van der Waals surface area (Å²) in [6, 6.07) is 4.62. The smallest absolute Gasteiger partial charge is 0.335 e. The first-order chi connectivity index (χ1) is 6.18. The zero-order chi connectivity index (χ0) is 9.42. The van der Waals surface area contributed by atoms with Gasteiger partial charge in [-0.15, -0.1) is 0 Å². The Hall–Kier alpha value is -1.55. The fourth-order valence-corrected chi connectivity index (χ4v) is 1.37. The van der Waals surface area contributed by atoms with E-state index in [0.717, 1.165) is 5.56 Å². The van der Waals surface area contributed by atoms with Gasteiger partial charge in [0.25, 0.3) is 0 Å². The molecule has 0 radical (unpaired) electrons. The van der Waals surface area contributed by atoms with E-state index in [1.807, 2.05) is 0 Å². The van der Waals surface area contributed by atoms with Crippen molar-refractivity contribution in [2.75, 3.05) is 6.61 Å². The SMILES string of the molecule is N[C@@H]1COc2cc(C(=O)O)ccc21. The average Bonchev–Trinajstić information content (AvgIpc) is 2.47. The molecule has 13 heavy (non-hydrogen) atoms. The van der Waals surface area contributed by atoms with Crippen LogP contribution in [0.1, 0.15) is 22.0 Å². The van der Waals surface area contributed by atoms with Gasteiger partial charge in [0.2, 0.25) is 0 Å². The zero-order valence-electron chi connectivity index (χ0n) is 6.86. The Labute approximate surface area is 74.9 Å². The summed E-state index contributed by atoms with van der Waals surface area (Å²) >= 11 is 0. The van der Waals surface area contributed by atoms with E-state index in [9.17, 15) is 4.79 Å². The monoisotopic (exact) mass is 179 g/mol. The Kier molecular flexibility index (Phi) is 1.70. The van der Waals surface area contributed by atoms with Crippen molar-refractivity contribution in [3.63, 3.8) is 0 Å². The normalized spacial score (nSPS) is 19.3. The Morgan fingerprint density at radius 2 is 2.38 bits per heavy atom. The van der Waals surface area contributed by atoms with E-state index < -0.39 is 5.97 Å². The molecule has 0 saturated carbocycles. The van der Waals surface area contributed by atoms with E-state index in [0.29, 0.717) is 12.4 Å². The lowest BCUT2D eigenvalue weighted by Crippen LogP contribution is -2.10. The summed E-state index contributed by atoms with van der Waals surface area (Å²) in [5, 5.41) is 8.70. The minimum atomic E-state index is -0.952. The molecule has 3 N–H and O–H groups in total. The molecule has 1 heterocycles. The van der Waals surface area contributed by atoms with E-state index >= 15 is 0 Å². The van der Waals surface area contributed by atoms with Crippen molar-refractivity contribution in [2.24, 2.45) is 5.73 Å². The molecule has 68 valence electrons. The van der Waals surface area contributed by atoms with Gasteiger partial charge in [0.15, 0.2) is 0 Å². The number of rotatable bonds is 1. The second-order valence-electron chi connectivity index (χ2n) is 2.98. The van der Waals surface area contributed by atoms with E-state index in [-0.39, 0.29) is 11.6 Å². The highest BCUT2D eigenvalue weighted by Gasteiger charge is 2.21. The van der Waals surface area contributed by atoms with Crippen LogP contribution >= 0.6 is 0 Å².